The van der Waals surface area contributed by atoms with Crippen molar-refractivity contribution in [3.8, 4) is 0 Å². The van der Waals surface area contributed by atoms with E-state index in [0.29, 0.717) is 6.42 Å². The molecule has 1 heterocycles. The lowest BCUT2D eigenvalue weighted by Crippen LogP contribution is -2.26. The molecule has 7 nitrogen and oxygen atoms in total. The number of hydrogen-bond donors (Lipinski definition) is 0. The van der Waals surface area contributed by atoms with Gasteiger partial charge in [0, 0.05) is 13.3 Å². The number of carbonyl (C=O) groups excluding carboxylic acids is 2. The summed E-state index contributed by atoms with van der Waals surface area (Å²) in [5.74, 6) is -1.58. The second-order valence-corrected chi connectivity index (χ2v) is 6.08. The molecule has 18 heavy (non-hydrogen) atoms. The molecule has 1 saturated heterocycles. The van der Waals surface area contributed by atoms with Crippen molar-refractivity contribution in [1.82, 2.24) is 0 Å². The Morgan fingerprint density at radius 2 is 2.06 bits per heavy atom. The fourth-order valence-electron chi connectivity index (χ4n) is 1.42. The Kier molecular flexibility index (Phi) is 4.83. The third-order valence-corrected chi connectivity index (χ3v) is 4.02. The topological polar surface area (TPSA) is 99.1 Å². The smallest absolute Gasteiger partial charge is 0.364 e. The third-order valence-electron chi connectivity index (χ3n) is 2.29. The van der Waals surface area contributed by atoms with Crippen molar-refractivity contribution >= 4 is 27.3 Å². The number of esters is 1. The molecule has 0 spiro atoms. The van der Waals surface area contributed by atoms with Gasteiger partial charge in [0.15, 0.2) is 15.6 Å². The Bertz CT molecular complexity index is 467. The van der Waals surface area contributed by atoms with Gasteiger partial charge in [-0.05, 0) is 6.92 Å². The van der Waals surface area contributed by atoms with Crippen molar-refractivity contribution in [2.75, 3.05) is 18.1 Å². The molecule has 102 valence electrons. The van der Waals surface area contributed by atoms with Gasteiger partial charge in [0.1, 0.15) is 6.10 Å². The Labute approximate surface area is 105 Å². The van der Waals surface area contributed by atoms with Crippen LogP contribution in [0.2, 0.25) is 0 Å². The molecule has 0 saturated carbocycles. The number of oxime groups is 1. The molecule has 8 heteroatoms. The molecule has 1 aliphatic rings. The van der Waals surface area contributed by atoms with Crippen LogP contribution in [0.15, 0.2) is 5.16 Å². The van der Waals surface area contributed by atoms with E-state index < -0.39 is 33.4 Å². The van der Waals surface area contributed by atoms with Crippen LogP contribution in [0.1, 0.15) is 20.3 Å². The average molecular weight is 277 g/mol. The first-order chi connectivity index (χ1) is 8.35. The SMILES string of the molecule is CCOC(=O)/C(=N\OC1CCS(=O)(=O)C1)C(C)=O. The summed E-state index contributed by atoms with van der Waals surface area (Å²) < 4.78 is 27.0. The average Bonchev–Trinajstić information content (AvgIpc) is 2.58. The molecule has 0 amide bonds. The number of sulfone groups is 1. The molecular formula is C10H15NO6S. The molecule has 0 N–H and O–H groups in total. The van der Waals surface area contributed by atoms with Crippen LogP contribution in [0.5, 0.6) is 0 Å². The number of hydrogen-bond acceptors (Lipinski definition) is 7. The molecule has 1 unspecified atom stereocenters. The van der Waals surface area contributed by atoms with E-state index in [1.807, 2.05) is 0 Å². The van der Waals surface area contributed by atoms with Crippen LogP contribution in [-0.4, -0.2) is 50.1 Å². The first-order valence-corrected chi connectivity index (χ1v) is 7.30. The zero-order valence-corrected chi connectivity index (χ0v) is 11.0. The fraction of sp³-hybridized carbons (Fsp3) is 0.700. The highest BCUT2D eigenvalue weighted by atomic mass is 32.2. The molecule has 0 radical (unpaired) electrons. The van der Waals surface area contributed by atoms with Gasteiger partial charge in [-0.15, -0.1) is 0 Å². The summed E-state index contributed by atoms with van der Waals surface area (Å²) in [5, 5.41) is 3.42. The van der Waals surface area contributed by atoms with E-state index in [-0.39, 0.29) is 18.1 Å². The highest BCUT2D eigenvalue weighted by Gasteiger charge is 2.30. The summed E-state index contributed by atoms with van der Waals surface area (Å²) in [6, 6.07) is 0. The van der Waals surface area contributed by atoms with E-state index in [2.05, 4.69) is 9.89 Å². The van der Waals surface area contributed by atoms with E-state index in [1.165, 1.54) is 0 Å². The number of rotatable bonds is 5. The predicted molar refractivity (Wildman–Crippen MR) is 62.9 cm³/mol. The molecule has 0 aromatic heterocycles. The van der Waals surface area contributed by atoms with Crippen LogP contribution in [0.4, 0.5) is 0 Å². The summed E-state index contributed by atoms with van der Waals surface area (Å²) >= 11 is 0. The minimum atomic E-state index is -3.09. The van der Waals surface area contributed by atoms with Crippen LogP contribution < -0.4 is 0 Å². The summed E-state index contributed by atoms with van der Waals surface area (Å²) in [6.45, 7) is 2.87. The summed E-state index contributed by atoms with van der Waals surface area (Å²) in [5.41, 5.74) is -0.457. The van der Waals surface area contributed by atoms with Crippen molar-refractivity contribution in [2.24, 2.45) is 5.16 Å². The van der Waals surface area contributed by atoms with Gasteiger partial charge in [-0.1, -0.05) is 5.16 Å². The fourth-order valence-corrected chi connectivity index (χ4v) is 3.00. The van der Waals surface area contributed by atoms with Crippen molar-refractivity contribution < 1.29 is 27.6 Å². The lowest BCUT2D eigenvalue weighted by Gasteiger charge is -2.07. The van der Waals surface area contributed by atoms with Crippen molar-refractivity contribution in [3.05, 3.63) is 0 Å². The Hall–Kier alpha value is -1.44. The van der Waals surface area contributed by atoms with E-state index in [4.69, 9.17) is 4.84 Å². The normalized spacial score (nSPS) is 22.6. The number of ketones is 1. The van der Waals surface area contributed by atoms with Crippen LogP contribution in [0, 0.1) is 0 Å². The highest BCUT2D eigenvalue weighted by Crippen LogP contribution is 2.15. The van der Waals surface area contributed by atoms with E-state index >= 15 is 0 Å². The highest BCUT2D eigenvalue weighted by molar-refractivity contribution is 7.91. The standard InChI is InChI=1S/C10H15NO6S/c1-3-16-10(13)9(7(2)12)11-17-8-4-5-18(14,15)6-8/h8H,3-6H2,1-2H3/b11-9-. The predicted octanol–water partition coefficient (Wildman–Crippen LogP) is -0.302. The number of carbonyl (C=O) groups is 2. The number of nitrogens with zero attached hydrogens (tertiary/aromatic N) is 1. The number of Topliss-reactive ketones (excluding diaryl/α,β-unsaturated/α-hetero) is 1. The molecule has 0 aliphatic carbocycles. The monoisotopic (exact) mass is 277 g/mol. The summed E-state index contributed by atoms with van der Waals surface area (Å²) in [7, 11) is -3.09. The maximum Gasteiger partial charge on any atom is 0.364 e. The van der Waals surface area contributed by atoms with Gasteiger partial charge >= 0.3 is 5.97 Å². The van der Waals surface area contributed by atoms with Gasteiger partial charge in [0.2, 0.25) is 5.71 Å². The minimum Gasteiger partial charge on any atom is -0.461 e. The van der Waals surface area contributed by atoms with Gasteiger partial charge in [-0.3, -0.25) is 4.79 Å². The molecule has 1 atom stereocenters. The third kappa shape index (κ3) is 4.10. The molecule has 1 fully saturated rings. The lowest BCUT2D eigenvalue weighted by atomic mass is 10.3. The van der Waals surface area contributed by atoms with Crippen LogP contribution in [0.3, 0.4) is 0 Å². The maximum atomic E-state index is 11.3. The second-order valence-electron chi connectivity index (χ2n) is 3.85. The van der Waals surface area contributed by atoms with Crippen molar-refractivity contribution in [2.45, 2.75) is 26.4 Å². The van der Waals surface area contributed by atoms with Gasteiger partial charge in [-0.2, -0.15) is 0 Å². The largest absolute Gasteiger partial charge is 0.461 e. The quantitative estimate of drug-likeness (QED) is 0.296. The van der Waals surface area contributed by atoms with Crippen molar-refractivity contribution in [3.63, 3.8) is 0 Å². The zero-order valence-electron chi connectivity index (χ0n) is 10.2. The summed E-state index contributed by atoms with van der Waals surface area (Å²) in [4.78, 5) is 27.4. The first kappa shape index (κ1) is 14.6. The molecular weight excluding hydrogens is 262 g/mol. The van der Waals surface area contributed by atoms with E-state index in [0.717, 1.165) is 6.92 Å². The number of ether oxygens (including phenoxy) is 1. The Morgan fingerprint density at radius 3 is 2.50 bits per heavy atom. The van der Waals surface area contributed by atoms with Crippen LogP contribution in [0.25, 0.3) is 0 Å². The van der Waals surface area contributed by atoms with Crippen molar-refractivity contribution in [1.29, 1.82) is 0 Å². The van der Waals surface area contributed by atoms with Gasteiger partial charge in [0.05, 0.1) is 18.1 Å². The molecule has 0 aromatic rings. The zero-order chi connectivity index (χ0) is 13.8. The molecule has 1 aliphatic heterocycles. The molecule has 0 bridgehead atoms. The van der Waals surface area contributed by atoms with Gasteiger partial charge in [-0.25, -0.2) is 13.2 Å². The van der Waals surface area contributed by atoms with Crippen LogP contribution >= 0.6 is 0 Å². The molecule has 1 rings (SSSR count). The Morgan fingerprint density at radius 1 is 1.39 bits per heavy atom. The van der Waals surface area contributed by atoms with E-state index in [9.17, 15) is 18.0 Å². The Balaban J connectivity index is 2.67. The summed E-state index contributed by atoms with van der Waals surface area (Å²) in [6.07, 6.45) is -0.307. The minimum absolute atomic E-state index is 0.0298. The first-order valence-electron chi connectivity index (χ1n) is 5.48. The van der Waals surface area contributed by atoms with Gasteiger partial charge < -0.3 is 9.57 Å². The molecule has 0 aromatic carbocycles. The lowest BCUT2D eigenvalue weighted by molar-refractivity contribution is -0.136. The second kappa shape index (κ2) is 5.94. The van der Waals surface area contributed by atoms with E-state index in [1.54, 1.807) is 6.92 Å². The van der Waals surface area contributed by atoms with Gasteiger partial charge in [0.25, 0.3) is 0 Å². The maximum absolute atomic E-state index is 11.3. The van der Waals surface area contributed by atoms with Crippen LogP contribution in [-0.2, 0) is 29.0 Å².